The van der Waals surface area contributed by atoms with Crippen LogP contribution in [0.5, 0.6) is 0 Å². The molecule has 2 atom stereocenters. The van der Waals surface area contributed by atoms with E-state index in [-0.39, 0.29) is 18.0 Å². The molecule has 1 aromatic heterocycles. The standard InChI is InChI=1S/C21H26N2O.CH2O2/c24-20-6-3-11-21(20)12-4-14-23(16-21)15-17-7-9-18(10-8-17)19-5-1-2-13-22-19;2-1-3/h1-2,5,7-10,13,20,24H,3-4,6,11-12,14-16H2;1H,(H,2,3)/t20-,21-;/m1./s1. The van der Waals surface area contributed by atoms with E-state index in [1.165, 1.54) is 36.8 Å². The zero-order valence-corrected chi connectivity index (χ0v) is 15.6. The molecule has 2 aromatic rings. The van der Waals surface area contributed by atoms with Crippen LogP contribution in [-0.4, -0.2) is 45.8 Å². The molecule has 2 N–H and O–H groups in total. The fourth-order valence-electron chi connectivity index (χ4n) is 4.56. The van der Waals surface area contributed by atoms with Crippen molar-refractivity contribution in [2.75, 3.05) is 13.1 Å². The molecule has 4 rings (SSSR count). The largest absolute Gasteiger partial charge is 0.483 e. The first-order chi connectivity index (χ1) is 13.2. The van der Waals surface area contributed by atoms with Crippen LogP contribution >= 0.6 is 0 Å². The molecule has 5 heteroatoms. The van der Waals surface area contributed by atoms with Crippen LogP contribution in [0, 0.1) is 5.41 Å². The summed E-state index contributed by atoms with van der Waals surface area (Å²) >= 11 is 0. The Hall–Kier alpha value is -2.24. The SMILES string of the molecule is O=CO.O[C@@H]1CCC[C@]12CCCN(Cc1ccc(-c3ccccn3)cc1)C2. The molecule has 2 heterocycles. The van der Waals surface area contributed by atoms with Gasteiger partial charge in [-0.15, -0.1) is 0 Å². The molecular weight excluding hydrogens is 340 g/mol. The fraction of sp³-hybridized carbons (Fsp3) is 0.455. The number of aromatic nitrogens is 1. The van der Waals surface area contributed by atoms with Gasteiger partial charge >= 0.3 is 0 Å². The summed E-state index contributed by atoms with van der Waals surface area (Å²) in [5.74, 6) is 0. The lowest BCUT2D eigenvalue weighted by atomic mass is 9.76. The monoisotopic (exact) mass is 368 g/mol. The summed E-state index contributed by atoms with van der Waals surface area (Å²) in [5.41, 5.74) is 3.71. The molecule has 0 amide bonds. The van der Waals surface area contributed by atoms with Crippen molar-refractivity contribution in [3.05, 3.63) is 54.2 Å². The molecule has 1 saturated carbocycles. The van der Waals surface area contributed by atoms with Gasteiger partial charge in [0.2, 0.25) is 0 Å². The normalized spacial score (nSPS) is 25.0. The fourth-order valence-corrected chi connectivity index (χ4v) is 4.56. The van der Waals surface area contributed by atoms with Gasteiger partial charge in [-0.1, -0.05) is 36.8 Å². The van der Waals surface area contributed by atoms with E-state index in [1.807, 2.05) is 24.4 Å². The summed E-state index contributed by atoms with van der Waals surface area (Å²) < 4.78 is 0. The Bertz CT molecular complexity index is 720. The molecule has 1 aliphatic heterocycles. The number of hydrogen-bond donors (Lipinski definition) is 2. The van der Waals surface area contributed by atoms with Crippen LogP contribution in [0.2, 0.25) is 0 Å². The third-order valence-corrected chi connectivity index (χ3v) is 5.87. The third kappa shape index (κ3) is 4.73. The number of rotatable bonds is 3. The number of benzene rings is 1. The number of hydrogen-bond acceptors (Lipinski definition) is 4. The van der Waals surface area contributed by atoms with E-state index >= 15 is 0 Å². The number of pyridine rings is 1. The molecular formula is C22H28N2O3. The second-order valence-electron chi connectivity index (χ2n) is 7.60. The number of aliphatic hydroxyl groups is 1. The lowest BCUT2D eigenvalue weighted by molar-refractivity contribution is -0.122. The van der Waals surface area contributed by atoms with Crippen molar-refractivity contribution in [3.63, 3.8) is 0 Å². The number of aliphatic hydroxyl groups excluding tert-OH is 1. The van der Waals surface area contributed by atoms with Gasteiger partial charge in [-0.25, -0.2) is 0 Å². The Labute approximate surface area is 160 Å². The van der Waals surface area contributed by atoms with Crippen LogP contribution in [0.1, 0.15) is 37.7 Å². The van der Waals surface area contributed by atoms with E-state index < -0.39 is 0 Å². The molecule has 2 fully saturated rings. The molecule has 5 nitrogen and oxygen atoms in total. The number of carboxylic acid groups (broad SMARTS) is 1. The molecule has 144 valence electrons. The van der Waals surface area contributed by atoms with Crippen molar-refractivity contribution in [3.8, 4) is 11.3 Å². The van der Waals surface area contributed by atoms with E-state index in [2.05, 4.69) is 34.1 Å². The van der Waals surface area contributed by atoms with Crippen molar-refractivity contribution < 1.29 is 15.0 Å². The predicted molar refractivity (Wildman–Crippen MR) is 105 cm³/mol. The number of likely N-dealkylation sites (tertiary alicyclic amines) is 1. The van der Waals surface area contributed by atoms with Gasteiger partial charge in [0.25, 0.3) is 6.47 Å². The van der Waals surface area contributed by atoms with E-state index in [0.717, 1.165) is 31.7 Å². The number of nitrogens with zero attached hydrogens (tertiary/aromatic N) is 2. The molecule has 0 bridgehead atoms. The lowest BCUT2D eigenvalue weighted by Crippen LogP contribution is -2.46. The van der Waals surface area contributed by atoms with Crippen LogP contribution in [0.4, 0.5) is 0 Å². The summed E-state index contributed by atoms with van der Waals surface area (Å²) in [5, 5.41) is 17.3. The maximum absolute atomic E-state index is 10.4. The van der Waals surface area contributed by atoms with Crippen molar-refractivity contribution in [2.24, 2.45) is 5.41 Å². The Morgan fingerprint density at radius 1 is 1.15 bits per heavy atom. The molecule has 1 saturated heterocycles. The Morgan fingerprint density at radius 2 is 1.89 bits per heavy atom. The second kappa shape index (κ2) is 9.11. The van der Waals surface area contributed by atoms with Crippen molar-refractivity contribution in [1.82, 2.24) is 9.88 Å². The minimum atomic E-state index is -0.250. The summed E-state index contributed by atoms with van der Waals surface area (Å²) in [6.07, 6.45) is 7.53. The van der Waals surface area contributed by atoms with Gasteiger partial charge in [0.15, 0.2) is 0 Å². The molecule has 2 aliphatic rings. The van der Waals surface area contributed by atoms with Crippen molar-refractivity contribution >= 4 is 6.47 Å². The lowest BCUT2D eigenvalue weighted by Gasteiger charge is -2.42. The average Bonchev–Trinajstić information content (AvgIpc) is 3.03. The van der Waals surface area contributed by atoms with Crippen LogP contribution in [-0.2, 0) is 11.3 Å². The Morgan fingerprint density at radius 3 is 2.52 bits per heavy atom. The van der Waals surface area contributed by atoms with Gasteiger partial charge in [-0.2, -0.15) is 0 Å². The summed E-state index contributed by atoms with van der Waals surface area (Å²) in [6.45, 7) is 2.93. The predicted octanol–water partition coefficient (Wildman–Crippen LogP) is 3.58. The highest BCUT2D eigenvalue weighted by atomic mass is 16.3. The molecule has 0 unspecified atom stereocenters. The third-order valence-electron chi connectivity index (χ3n) is 5.87. The maximum Gasteiger partial charge on any atom is 0.290 e. The van der Waals surface area contributed by atoms with Crippen LogP contribution < -0.4 is 0 Å². The molecule has 1 spiro atoms. The number of carbonyl (C=O) groups is 1. The van der Waals surface area contributed by atoms with Crippen LogP contribution in [0.15, 0.2) is 48.7 Å². The summed E-state index contributed by atoms with van der Waals surface area (Å²) in [7, 11) is 0. The van der Waals surface area contributed by atoms with Gasteiger partial charge in [-0.3, -0.25) is 14.7 Å². The second-order valence-corrected chi connectivity index (χ2v) is 7.60. The average molecular weight is 368 g/mol. The molecule has 1 aliphatic carbocycles. The van der Waals surface area contributed by atoms with Gasteiger partial charge in [-0.05, 0) is 49.9 Å². The summed E-state index contributed by atoms with van der Waals surface area (Å²) in [6, 6.07) is 14.8. The highest BCUT2D eigenvalue weighted by Gasteiger charge is 2.44. The quantitative estimate of drug-likeness (QED) is 0.810. The Balaban J connectivity index is 0.000000659. The van der Waals surface area contributed by atoms with Gasteiger partial charge in [0.1, 0.15) is 0 Å². The minimum absolute atomic E-state index is 0.0909. The minimum Gasteiger partial charge on any atom is -0.483 e. The highest BCUT2D eigenvalue weighted by Crippen LogP contribution is 2.45. The summed E-state index contributed by atoms with van der Waals surface area (Å²) in [4.78, 5) is 15.3. The topological polar surface area (TPSA) is 73.7 Å². The highest BCUT2D eigenvalue weighted by molar-refractivity contribution is 5.58. The zero-order valence-electron chi connectivity index (χ0n) is 15.6. The first-order valence-electron chi connectivity index (χ1n) is 9.65. The Kier molecular flexibility index (Phi) is 6.58. The van der Waals surface area contributed by atoms with Crippen LogP contribution in [0.25, 0.3) is 11.3 Å². The van der Waals surface area contributed by atoms with Crippen LogP contribution in [0.3, 0.4) is 0 Å². The molecule has 0 radical (unpaired) electrons. The van der Waals surface area contributed by atoms with Crippen molar-refractivity contribution in [1.29, 1.82) is 0 Å². The van der Waals surface area contributed by atoms with E-state index in [1.54, 1.807) is 0 Å². The van der Waals surface area contributed by atoms with E-state index in [0.29, 0.717) is 0 Å². The van der Waals surface area contributed by atoms with Crippen molar-refractivity contribution in [2.45, 2.75) is 44.8 Å². The van der Waals surface area contributed by atoms with E-state index in [4.69, 9.17) is 9.90 Å². The maximum atomic E-state index is 10.4. The van der Waals surface area contributed by atoms with E-state index in [9.17, 15) is 5.11 Å². The first-order valence-corrected chi connectivity index (χ1v) is 9.65. The smallest absolute Gasteiger partial charge is 0.290 e. The van der Waals surface area contributed by atoms with Gasteiger partial charge < -0.3 is 10.2 Å². The number of piperidine rings is 1. The molecule has 1 aromatic carbocycles. The molecule has 27 heavy (non-hydrogen) atoms. The van der Waals surface area contributed by atoms with Gasteiger partial charge in [0.05, 0.1) is 11.8 Å². The zero-order chi connectivity index (χ0) is 19.1. The first kappa shape index (κ1) is 19.5. The van der Waals surface area contributed by atoms with Gasteiger partial charge in [0, 0.05) is 30.3 Å².